The van der Waals surface area contributed by atoms with Crippen molar-refractivity contribution in [1.29, 1.82) is 0 Å². The van der Waals surface area contributed by atoms with Crippen LogP contribution >= 0.6 is 0 Å². The summed E-state index contributed by atoms with van der Waals surface area (Å²) in [7, 11) is -5.19. The second kappa shape index (κ2) is 11.0. The quantitative estimate of drug-likeness (QED) is 0.473. The molecule has 1 saturated carbocycles. The lowest BCUT2D eigenvalue weighted by atomic mass is 9.74. The van der Waals surface area contributed by atoms with Crippen molar-refractivity contribution >= 4 is 20.2 Å². The minimum atomic E-state index is -3.38. The summed E-state index contributed by atoms with van der Waals surface area (Å²) >= 11 is 0. The molecule has 0 saturated heterocycles. The molecular weight excluding hydrogens is 422 g/mol. The fraction of sp³-hybridized carbons (Fsp3) is 0.714. The van der Waals surface area contributed by atoms with Crippen LogP contribution < -0.4 is 14.2 Å². The van der Waals surface area contributed by atoms with Crippen molar-refractivity contribution in [1.82, 2.24) is 14.2 Å². The first-order valence-corrected chi connectivity index (χ1v) is 13.8. The third-order valence-corrected chi connectivity index (χ3v) is 9.16. The van der Waals surface area contributed by atoms with Crippen molar-refractivity contribution < 1.29 is 16.8 Å². The van der Waals surface area contributed by atoms with Gasteiger partial charge in [0.15, 0.2) is 0 Å². The molecule has 1 aliphatic carbocycles. The molecule has 0 aliphatic heterocycles. The molecule has 0 bridgehead atoms. The van der Waals surface area contributed by atoms with Gasteiger partial charge >= 0.3 is 0 Å². The third kappa shape index (κ3) is 7.60. The van der Waals surface area contributed by atoms with Crippen LogP contribution in [0.25, 0.3) is 0 Å². The van der Waals surface area contributed by atoms with Gasteiger partial charge in [0.2, 0.25) is 10.0 Å². The molecule has 0 heterocycles. The van der Waals surface area contributed by atoms with E-state index >= 15 is 0 Å². The lowest BCUT2D eigenvalue weighted by molar-refractivity contribution is 0.246. The Kier molecular flexibility index (Phi) is 9.30. The van der Waals surface area contributed by atoms with Gasteiger partial charge < -0.3 is 0 Å². The zero-order chi connectivity index (χ0) is 22.4. The van der Waals surface area contributed by atoms with Crippen LogP contribution in [0.2, 0.25) is 0 Å². The van der Waals surface area contributed by atoms with E-state index in [9.17, 15) is 16.8 Å². The summed E-state index contributed by atoms with van der Waals surface area (Å²) in [6, 6.07) is 8.48. The number of benzene rings is 1. The maximum atomic E-state index is 12.0. The molecule has 7 nitrogen and oxygen atoms in total. The fourth-order valence-corrected chi connectivity index (χ4v) is 5.30. The van der Waals surface area contributed by atoms with E-state index in [1.165, 1.54) is 12.6 Å². The van der Waals surface area contributed by atoms with Gasteiger partial charge in [0.25, 0.3) is 10.2 Å². The monoisotopic (exact) mass is 459 g/mol. The molecule has 1 aromatic carbocycles. The highest BCUT2D eigenvalue weighted by molar-refractivity contribution is 7.90. The number of rotatable bonds is 11. The van der Waals surface area contributed by atoms with E-state index in [1.54, 1.807) is 13.8 Å². The van der Waals surface area contributed by atoms with E-state index in [0.29, 0.717) is 37.3 Å². The highest BCUT2D eigenvalue weighted by Gasteiger charge is 2.27. The molecule has 172 valence electrons. The highest BCUT2D eigenvalue weighted by atomic mass is 32.2. The molecule has 1 atom stereocenters. The van der Waals surface area contributed by atoms with Crippen LogP contribution in [-0.4, -0.2) is 42.2 Å². The SMILES string of the molecule is CNS(=O)(=O)NCCc1ccc(C2CCC(C(C)CNS(=O)(=O)C(C)C)CC2)cc1. The zero-order valence-electron chi connectivity index (χ0n) is 18.5. The van der Waals surface area contributed by atoms with E-state index in [1.807, 2.05) is 0 Å². The Hall–Kier alpha value is -1.00. The maximum absolute atomic E-state index is 12.0. The van der Waals surface area contributed by atoms with Gasteiger partial charge in [-0.3, -0.25) is 0 Å². The van der Waals surface area contributed by atoms with Crippen LogP contribution in [0.15, 0.2) is 24.3 Å². The maximum Gasteiger partial charge on any atom is 0.276 e. The largest absolute Gasteiger partial charge is 0.276 e. The van der Waals surface area contributed by atoms with Crippen molar-refractivity contribution in [2.75, 3.05) is 20.1 Å². The summed E-state index contributed by atoms with van der Waals surface area (Å²) in [6.45, 7) is 6.42. The number of sulfonamides is 1. The molecule has 1 unspecified atom stereocenters. The summed E-state index contributed by atoms with van der Waals surface area (Å²) < 4.78 is 54.2. The third-order valence-electron chi connectivity index (χ3n) is 6.23. The molecule has 0 spiro atoms. The van der Waals surface area contributed by atoms with Crippen molar-refractivity contribution in [2.45, 2.75) is 64.0 Å². The fourth-order valence-electron chi connectivity index (χ4n) is 3.96. The molecule has 2 rings (SSSR count). The van der Waals surface area contributed by atoms with E-state index in [-0.39, 0.29) is 0 Å². The van der Waals surface area contributed by atoms with Gasteiger partial charge in [0.1, 0.15) is 0 Å². The first-order chi connectivity index (χ1) is 14.0. The van der Waals surface area contributed by atoms with Crippen LogP contribution in [0.5, 0.6) is 0 Å². The van der Waals surface area contributed by atoms with Gasteiger partial charge in [-0.25, -0.2) is 22.6 Å². The lowest BCUT2D eigenvalue weighted by Gasteiger charge is -2.32. The van der Waals surface area contributed by atoms with Crippen molar-refractivity contribution in [2.24, 2.45) is 11.8 Å². The number of hydrogen-bond acceptors (Lipinski definition) is 4. The van der Waals surface area contributed by atoms with Crippen molar-refractivity contribution in [3.63, 3.8) is 0 Å². The number of hydrogen-bond donors (Lipinski definition) is 3. The van der Waals surface area contributed by atoms with Gasteiger partial charge in [0, 0.05) is 20.1 Å². The van der Waals surface area contributed by atoms with Crippen LogP contribution in [0.4, 0.5) is 0 Å². The van der Waals surface area contributed by atoms with Gasteiger partial charge in [-0.2, -0.15) is 8.42 Å². The molecule has 30 heavy (non-hydrogen) atoms. The second-order valence-corrected chi connectivity index (χ2v) is 12.6. The lowest BCUT2D eigenvalue weighted by Crippen LogP contribution is -2.36. The summed E-state index contributed by atoms with van der Waals surface area (Å²) in [4.78, 5) is 0. The minimum Gasteiger partial charge on any atom is -0.215 e. The highest BCUT2D eigenvalue weighted by Crippen LogP contribution is 2.38. The topological polar surface area (TPSA) is 104 Å². The summed E-state index contributed by atoms with van der Waals surface area (Å²) in [6.07, 6.45) is 5.11. The Morgan fingerprint density at radius 3 is 2.07 bits per heavy atom. The van der Waals surface area contributed by atoms with E-state index in [2.05, 4.69) is 45.4 Å². The Morgan fingerprint density at radius 1 is 0.933 bits per heavy atom. The van der Waals surface area contributed by atoms with Crippen LogP contribution in [0, 0.1) is 11.8 Å². The molecular formula is C21H37N3O4S2. The minimum absolute atomic E-state index is 0.336. The summed E-state index contributed by atoms with van der Waals surface area (Å²) in [5, 5.41) is -0.396. The van der Waals surface area contributed by atoms with Gasteiger partial charge in [0.05, 0.1) is 5.25 Å². The average molecular weight is 460 g/mol. The predicted molar refractivity (Wildman–Crippen MR) is 122 cm³/mol. The molecule has 1 aromatic rings. The summed E-state index contributed by atoms with van der Waals surface area (Å²) in [5.41, 5.74) is 2.44. The summed E-state index contributed by atoms with van der Waals surface area (Å²) in [5.74, 6) is 1.43. The average Bonchev–Trinajstić information content (AvgIpc) is 2.72. The first-order valence-electron chi connectivity index (χ1n) is 10.8. The zero-order valence-corrected chi connectivity index (χ0v) is 20.2. The molecule has 0 aromatic heterocycles. The van der Waals surface area contributed by atoms with E-state index in [0.717, 1.165) is 31.2 Å². The van der Waals surface area contributed by atoms with Crippen molar-refractivity contribution in [3.8, 4) is 0 Å². The molecule has 1 fully saturated rings. The van der Waals surface area contributed by atoms with Crippen molar-refractivity contribution in [3.05, 3.63) is 35.4 Å². The first kappa shape index (κ1) is 25.3. The van der Waals surface area contributed by atoms with Gasteiger partial charge in [-0.15, -0.1) is 0 Å². The number of nitrogens with one attached hydrogen (secondary N) is 3. The van der Waals surface area contributed by atoms with Gasteiger partial charge in [-0.05, 0) is 74.8 Å². The Labute approximate surface area is 182 Å². The molecule has 9 heteroatoms. The Morgan fingerprint density at radius 2 is 1.53 bits per heavy atom. The van der Waals surface area contributed by atoms with E-state index in [4.69, 9.17) is 0 Å². The smallest absolute Gasteiger partial charge is 0.215 e. The Balaban J connectivity index is 1.79. The standard InChI is InChI=1S/C21H37N3O4S2/c1-16(2)29(25,26)24-15-17(3)19-9-11-21(12-10-19)20-7-5-18(6-8-20)13-14-23-30(27,28)22-4/h5-8,16-17,19,21-24H,9-15H2,1-4H3. The molecule has 0 radical (unpaired) electrons. The second-order valence-electron chi connectivity index (χ2n) is 8.62. The molecule has 3 N–H and O–H groups in total. The van der Waals surface area contributed by atoms with Gasteiger partial charge in [-0.1, -0.05) is 31.2 Å². The van der Waals surface area contributed by atoms with Crippen LogP contribution in [0.3, 0.4) is 0 Å². The predicted octanol–water partition coefficient (Wildman–Crippen LogP) is 2.52. The van der Waals surface area contributed by atoms with E-state index < -0.39 is 25.5 Å². The van der Waals surface area contributed by atoms with Crippen LogP contribution in [-0.2, 0) is 26.7 Å². The Bertz CT molecular complexity index is 860. The van der Waals surface area contributed by atoms with Crippen LogP contribution in [0.1, 0.15) is 63.5 Å². The molecule has 0 amide bonds. The molecule has 1 aliphatic rings. The normalized spacial score (nSPS) is 21.6.